The van der Waals surface area contributed by atoms with Gasteiger partial charge in [-0.2, -0.15) is 4.31 Å². The summed E-state index contributed by atoms with van der Waals surface area (Å²) in [6.07, 6.45) is 4.09. The number of halogens is 1. The zero-order valence-electron chi connectivity index (χ0n) is 16.6. The van der Waals surface area contributed by atoms with Gasteiger partial charge in [-0.05, 0) is 32.6 Å². The molecule has 0 atom stereocenters. The lowest BCUT2D eigenvalue weighted by atomic mass is 9.90. The van der Waals surface area contributed by atoms with Crippen molar-refractivity contribution >= 4 is 28.3 Å². The maximum atomic E-state index is 12.7. The predicted octanol–water partition coefficient (Wildman–Crippen LogP) is 1.18. The summed E-state index contributed by atoms with van der Waals surface area (Å²) in [5, 5.41) is 3.17. The van der Waals surface area contributed by atoms with Gasteiger partial charge in [-0.3, -0.25) is 4.79 Å². The lowest BCUT2D eigenvalue weighted by Gasteiger charge is -2.35. The molecular weight excluding hydrogens is 390 g/mol. The molecule has 1 aliphatic heterocycles. The molecule has 1 amide bonds. The van der Waals surface area contributed by atoms with Crippen LogP contribution in [0.4, 0.5) is 0 Å². The van der Waals surface area contributed by atoms with Gasteiger partial charge in [-0.25, -0.2) is 13.4 Å². The van der Waals surface area contributed by atoms with E-state index in [0.29, 0.717) is 38.3 Å². The average Bonchev–Trinajstić information content (AvgIpc) is 2.99. The predicted molar refractivity (Wildman–Crippen MR) is 107 cm³/mol. The highest BCUT2D eigenvalue weighted by Gasteiger charge is 2.35. The molecule has 0 radical (unpaired) electrons. The van der Waals surface area contributed by atoms with E-state index in [1.165, 1.54) is 10.5 Å². The number of rotatable bonds is 7. The Hall–Kier alpha value is -1.16. The monoisotopic (exact) mass is 421 g/mol. The van der Waals surface area contributed by atoms with Crippen LogP contribution in [0.15, 0.2) is 11.2 Å². The van der Waals surface area contributed by atoms with E-state index >= 15 is 0 Å². The first kappa shape index (κ1) is 23.9. The highest BCUT2D eigenvalue weighted by Crippen LogP contribution is 2.25. The zero-order valence-corrected chi connectivity index (χ0v) is 18.2. The number of aryl methyl sites for hydroxylation is 2. The Kier molecular flexibility index (Phi) is 8.28. The van der Waals surface area contributed by atoms with Crippen LogP contribution in [0.5, 0.6) is 0 Å². The number of amides is 1. The fourth-order valence-corrected chi connectivity index (χ4v) is 4.77. The molecule has 156 valence electrons. The number of hydrogen-bond acceptors (Lipinski definition) is 5. The molecule has 1 fully saturated rings. The number of hydrogen-bond donors (Lipinski definition) is 2. The summed E-state index contributed by atoms with van der Waals surface area (Å²) in [6, 6.07) is 0. The number of nitrogens with one attached hydrogen (secondary N) is 1. The van der Waals surface area contributed by atoms with Crippen molar-refractivity contribution in [2.45, 2.75) is 57.0 Å². The van der Waals surface area contributed by atoms with E-state index in [2.05, 4.69) is 10.3 Å². The summed E-state index contributed by atoms with van der Waals surface area (Å²) in [6.45, 7) is 6.84. The molecule has 8 nitrogen and oxygen atoms in total. The fourth-order valence-electron chi connectivity index (χ4n) is 3.27. The number of nitrogens with zero attached hydrogens (tertiary/aromatic N) is 3. The van der Waals surface area contributed by atoms with Crippen LogP contribution in [-0.4, -0.2) is 53.4 Å². The summed E-state index contributed by atoms with van der Waals surface area (Å²) in [7, 11) is -1.85. The molecule has 0 bridgehead atoms. The summed E-state index contributed by atoms with van der Waals surface area (Å²) >= 11 is 0. The number of piperidine rings is 1. The quantitative estimate of drug-likeness (QED) is 0.686. The highest BCUT2D eigenvalue weighted by atomic mass is 35.5. The molecule has 1 saturated heterocycles. The van der Waals surface area contributed by atoms with Crippen LogP contribution in [0.25, 0.3) is 0 Å². The molecule has 0 saturated carbocycles. The van der Waals surface area contributed by atoms with Crippen molar-refractivity contribution < 1.29 is 13.2 Å². The van der Waals surface area contributed by atoms with E-state index < -0.39 is 10.0 Å². The number of nitrogens with two attached hydrogens (primary N) is 1. The minimum atomic E-state index is -3.61. The third kappa shape index (κ3) is 5.01. The average molecular weight is 422 g/mol. The van der Waals surface area contributed by atoms with Gasteiger partial charge in [0, 0.05) is 38.8 Å². The first-order chi connectivity index (χ1) is 12.2. The number of carbonyl (C=O) groups excluding carboxylic acids is 1. The van der Waals surface area contributed by atoms with Crippen LogP contribution in [0.1, 0.15) is 45.4 Å². The molecule has 0 aromatic carbocycles. The smallest absolute Gasteiger partial charge is 0.262 e. The Morgan fingerprint density at radius 1 is 1.33 bits per heavy atom. The molecule has 3 N–H and O–H groups in total. The van der Waals surface area contributed by atoms with Crippen LogP contribution in [0.3, 0.4) is 0 Å². The van der Waals surface area contributed by atoms with Gasteiger partial charge in [0.1, 0.15) is 5.82 Å². The lowest BCUT2D eigenvalue weighted by Crippen LogP contribution is -2.55. The van der Waals surface area contributed by atoms with E-state index in [1.54, 1.807) is 18.5 Å². The van der Waals surface area contributed by atoms with Gasteiger partial charge in [-0.1, -0.05) is 13.8 Å². The second kappa shape index (κ2) is 9.36. The minimum absolute atomic E-state index is 0. The fraction of sp³-hybridized carbons (Fsp3) is 0.765. The largest absolute Gasteiger partial charge is 0.349 e. The summed E-state index contributed by atoms with van der Waals surface area (Å²) in [4.78, 5) is 16.7. The molecule has 0 unspecified atom stereocenters. The molecule has 10 heteroatoms. The molecule has 2 rings (SSSR count). The lowest BCUT2D eigenvalue weighted by molar-refractivity contribution is -0.128. The third-order valence-electron chi connectivity index (χ3n) is 5.65. The van der Waals surface area contributed by atoms with Crippen LogP contribution in [0, 0.1) is 12.8 Å². The van der Waals surface area contributed by atoms with Gasteiger partial charge >= 0.3 is 0 Å². The van der Waals surface area contributed by atoms with Crippen LogP contribution in [0.2, 0.25) is 0 Å². The maximum absolute atomic E-state index is 12.7. The SMILES string of the molecule is CCC(CC)(CN)NC(=O)C1CCN(S(=O)(=O)c2cn(C)c(C)n2)CC1.Cl. The van der Waals surface area contributed by atoms with Crippen LogP contribution in [-0.2, 0) is 21.9 Å². The number of aromatic nitrogens is 2. The Morgan fingerprint density at radius 2 is 1.89 bits per heavy atom. The van der Waals surface area contributed by atoms with Gasteiger partial charge in [0.05, 0.1) is 5.54 Å². The Labute approximate surface area is 168 Å². The van der Waals surface area contributed by atoms with Gasteiger partial charge < -0.3 is 15.6 Å². The minimum Gasteiger partial charge on any atom is -0.349 e. The van der Waals surface area contributed by atoms with Crippen LogP contribution >= 0.6 is 12.4 Å². The number of imidazole rings is 1. The van der Waals surface area contributed by atoms with Crippen LogP contribution < -0.4 is 11.1 Å². The van der Waals surface area contributed by atoms with Gasteiger partial charge in [0.15, 0.2) is 5.03 Å². The standard InChI is InChI=1S/C17H31N5O3S.ClH/c1-5-17(6-2,12-18)20-16(23)14-7-9-22(10-8-14)26(24,25)15-11-21(4)13(3)19-15;/h11,14H,5-10,12,18H2,1-4H3,(H,20,23);1H. The maximum Gasteiger partial charge on any atom is 0.262 e. The topological polar surface area (TPSA) is 110 Å². The van der Waals surface area contributed by atoms with Crippen molar-refractivity contribution in [1.29, 1.82) is 0 Å². The van der Waals surface area contributed by atoms with E-state index in [-0.39, 0.29) is 34.8 Å². The normalized spacial score (nSPS) is 16.8. The molecule has 2 heterocycles. The summed E-state index contributed by atoms with van der Waals surface area (Å²) in [5.74, 6) is 0.441. The van der Waals surface area contributed by atoms with Gasteiger partial charge in [-0.15, -0.1) is 12.4 Å². The Morgan fingerprint density at radius 3 is 2.30 bits per heavy atom. The van der Waals surface area contributed by atoms with Crippen molar-refractivity contribution in [3.05, 3.63) is 12.0 Å². The first-order valence-electron chi connectivity index (χ1n) is 9.21. The van der Waals surface area contributed by atoms with Crippen molar-refractivity contribution in [2.75, 3.05) is 19.6 Å². The molecular formula is C17H32ClN5O3S. The molecule has 27 heavy (non-hydrogen) atoms. The second-order valence-corrected chi connectivity index (χ2v) is 8.98. The van der Waals surface area contributed by atoms with E-state index in [9.17, 15) is 13.2 Å². The molecule has 1 aliphatic rings. The molecule has 1 aromatic heterocycles. The Bertz CT molecular complexity index is 710. The van der Waals surface area contributed by atoms with Crippen molar-refractivity contribution in [3.63, 3.8) is 0 Å². The Balaban J connectivity index is 0.00000364. The van der Waals surface area contributed by atoms with Crippen molar-refractivity contribution in [3.8, 4) is 0 Å². The van der Waals surface area contributed by atoms with Gasteiger partial charge in [0.25, 0.3) is 10.0 Å². The number of sulfonamides is 1. The van der Waals surface area contributed by atoms with E-state index in [0.717, 1.165) is 12.8 Å². The van der Waals surface area contributed by atoms with E-state index in [4.69, 9.17) is 5.73 Å². The molecule has 0 aliphatic carbocycles. The summed E-state index contributed by atoms with van der Waals surface area (Å²) in [5.41, 5.74) is 5.48. The first-order valence-corrected chi connectivity index (χ1v) is 10.6. The zero-order chi connectivity index (χ0) is 19.5. The second-order valence-electron chi connectivity index (χ2n) is 7.10. The molecule has 1 aromatic rings. The number of carbonyl (C=O) groups is 1. The molecule has 0 spiro atoms. The highest BCUT2D eigenvalue weighted by molar-refractivity contribution is 7.89. The third-order valence-corrected chi connectivity index (χ3v) is 7.42. The van der Waals surface area contributed by atoms with E-state index in [1.807, 2.05) is 13.8 Å². The van der Waals surface area contributed by atoms with Gasteiger partial charge in [0.2, 0.25) is 5.91 Å². The van der Waals surface area contributed by atoms with Crippen molar-refractivity contribution in [2.24, 2.45) is 18.7 Å². The summed E-state index contributed by atoms with van der Waals surface area (Å²) < 4.78 is 28.6. The van der Waals surface area contributed by atoms with Crippen molar-refractivity contribution in [1.82, 2.24) is 19.2 Å².